The smallest absolute Gasteiger partial charge is 0.256 e. The van der Waals surface area contributed by atoms with Crippen molar-refractivity contribution in [1.82, 2.24) is 14.7 Å². The van der Waals surface area contributed by atoms with Crippen LogP contribution in [0.1, 0.15) is 23.2 Å². The Balaban J connectivity index is 1.99. The van der Waals surface area contributed by atoms with Crippen LogP contribution in [-0.2, 0) is 7.05 Å². The van der Waals surface area contributed by atoms with Crippen LogP contribution in [0.4, 0.5) is 0 Å². The SMILES string of the molecule is CN(CC1(CO)CC1)C(=O)c1cnn(C)c1. The second kappa shape index (κ2) is 3.90. The summed E-state index contributed by atoms with van der Waals surface area (Å²) in [6.45, 7) is 0.787. The fraction of sp³-hybridized carbons (Fsp3) is 0.636. The molecule has 88 valence electrons. The van der Waals surface area contributed by atoms with E-state index in [1.807, 2.05) is 0 Å². The van der Waals surface area contributed by atoms with Crippen molar-refractivity contribution >= 4 is 5.91 Å². The first-order valence-electron chi connectivity index (χ1n) is 5.41. The molecule has 0 aliphatic heterocycles. The van der Waals surface area contributed by atoms with Gasteiger partial charge in [-0.1, -0.05) is 0 Å². The zero-order chi connectivity index (χ0) is 11.8. The van der Waals surface area contributed by atoms with Crippen molar-refractivity contribution < 1.29 is 9.90 Å². The second-order valence-corrected chi connectivity index (χ2v) is 4.72. The number of carbonyl (C=O) groups is 1. The number of aliphatic hydroxyl groups excluding tert-OH is 1. The van der Waals surface area contributed by atoms with E-state index in [-0.39, 0.29) is 17.9 Å². The van der Waals surface area contributed by atoms with E-state index < -0.39 is 0 Å². The number of hydrogen-bond acceptors (Lipinski definition) is 3. The van der Waals surface area contributed by atoms with Crippen LogP contribution >= 0.6 is 0 Å². The van der Waals surface area contributed by atoms with Crippen LogP contribution in [0.3, 0.4) is 0 Å². The molecule has 0 spiro atoms. The standard InChI is InChI=1S/C11H17N3O2/c1-13(7-11(8-15)3-4-11)10(16)9-5-12-14(2)6-9/h5-6,15H,3-4,7-8H2,1-2H3. The number of rotatable bonds is 4. The van der Waals surface area contributed by atoms with Gasteiger partial charge in [0.1, 0.15) is 0 Å². The first kappa shape index (κ1) is 11.1. The molecule has 0 atom stereocenters. The van der Waals surface area contributed by atoms with Gasteiger partial charge in [-0.15, -0.1) is 0 Å². The molecule has 0 unspecified atom stereocenters. The summed E-state index contributed by atoms with van der Waals surface area (Å²) in [4.78, 5) is 13.6. The van der Waals surface area contributed by atoms with Crippen molar-refractivity contribution in [1.29, 1.82) is 0 Å². The third kappa shape index (κ3) is 2.09. The highest BCUT2D eigenvalue weighted by Gasteiger charge is 2.43. The van der Waals surface area contributed by atoms with Crippen LogP contribution < -0.4 is 0 Å². The van der Waals surface area contributed by atoms with Crippen LogP contribution in [0.5, 0.6) is 0 Å². The zero-order valence-corrected chi connectivity index (χ0v) is 9.68. The molecule has 1 aromatic heterocycles. The van der Waals surface area contributed by atoms with Crippen molar-refractivity contribution in [2.45, 2.75) is 12.8 Å². The van der Waals surface area contributed by atoms with Gasteiger partial charge in [0, 0.05) is 32.3 Å². The van der Waals surface area contributed by atoms with Gasteiger partial charge < -0.3 is 10.0 Å². The molecule has 1 N–H and O–H groups in total. The fourth-order valence-corrected chi connectivity index (χ4v) is 1.87. The minimum atomic E-state index is -0.0351. The highest BCUT2D eigenvalue weighted by molar-refractivity contribution is 5.93. The number of aryl methyl sites for hydroxylation is 1. The summed E-state index contributed by atoms with van der Waals surface area (Å²) < 4.78 is 1.61. The molecule has 0 bridgehead atoms. The van der Waals surface area contributed by atoms with Crippen LogP contribution in [0.25, 0.3) is 0 Å². The molecule has 1 aromatic rings. The van der Waals surface area contributed by atoms with Crippen molar-refractivity contribution in [2.75, 3.05) is 20.2 Å². The first-order chi connectivity index (χ1) is 7.56. The van der Waals surface area contributed by atoms with Crippen LogP contribution in [0, 0.1) is 5.41 Å². The minimum absolute atomic E-state index is 0.0344. The Bertz CT molecular complexity index is 396. The Labute approximate surface area is 94.7 Å². The molecule has 0 saturated heterocycles. The molecule has 5 heteroatoms. The molecule has 1 aliphatic carbocycles. The third-order valence-corrected chi connectivity index (χ3v) is 3.16. The number of aliphatic hydroxyl groups is 1. The van der Waals surface area contributed by atoms with Crippen LogP contribution in [-0.4, -0.2) is 45.9 Å². The molecule has 1 saturated carbocycles. The van der Waals surface area contributed by atoms with Crippen LogP contribution in [0.15, 0.2) is 12.4 Å². The van der Waals surface area contributed by atoms with Gasteiger partial charge in [0.25, 0.3) is 5.91 Å². The van der Waals surface area contributed by atoms with Crippen LogP contribution in [0.2, 0.25) is 0 Å². The van der Waals surface area contributed by atoms with E-state index in [1.165, 1.54) is 0 Å². The first-order valence-corrected chi connectivity index (χ1v) is 5.41. The third-order valence-electron chi connectivity index (χ3n) is 3.16. The van der Waals surface area contributed by atoms with Gasteiger partial charge in [-0.25, -0.2) is 0 Å². The van der Waals surface area contributed by atoms with Crippen molar-refractivity contribution in [3.05, 3.63) is 18.0 Å². The van der Waals surface area contributed by atoms with Gasteiger partial charge in [0.15, 0.2) is 0 Å². The highest BCUT2D eigenvalue weighted by atomic mass is 16.3. The number of hydrogen-bond donors (Lipinski definition) is 1. The molecule has 1 aliphatic rings. The fourth-order valence-electron chi connectivity index (χ4n) is 1.87. The Kier molecular flexibility index (Phi) is 2.71. The predicted molar refractivity (Wildman–Crippen MR) is 58.9 cm³/mol. The molecule has 1 heterocycles. The minimum Gasteiger partial charge on any atom is -0.396 e. The van der Waals surface area contributed by atoms with Gasteiger partial charge in [0.2, 0.25) is 0 Å². The van der Waals surface area contributed by atoms with E-state index in [1.54, 1.807) is 36.1 Å². The van der Waals surface area contributed by atoms with E-state index in [9.17, 15) is 9.90 Å². The van der Waals surface area contributed by atoms with E-state index in [4.69, 9.17) is 0 Å². The van der Waals surface area contributed by atoms with E-state index in [0.717, 1.165) is 12.8 Å². The summed E-state index contributed by atoms with van der Waals surface area (Å²) in [7, 11) is 3.55. The molecule has 1 amide bonds. The zero-order valence-electron chi connectivity index (χ0n) is 9.68. The number of aromatic nitrogens is 2. The molecule has 2 rings (SSSR count). The average Bonchev–Trinajstić information content (AvgIpc) is 2.91. The van der Waals surface area contributed by atoms with Crippen molar-refractivity contribution in [3.63, 3.8) is 0 Å². The Morgan fingerprint density at radius 2 is 2.38 bits per heavy atom. The number of amides is 1. The lowest BCUT2D eigenvalue weighted by atomic mass is 10.1. The quantitative estimate of drug-likeness (QED) is 0.796. The lowest BCUT2D eigenvalue weighted by Crippen LogP contribution is -2.33. The van der Waals surface area contributed by atoms with Gasteiger partial charge in [0.05, 0.1) is 18.4 Å². The number of carbonyl (C=O) groups excluding carboxylic acids is 1. The monoisotopic (exact) mass is 223 g/mol. The second-order valence-electron chi connectivity index (χ2n) is 4.72. The molecule has 0 radical (unpaired) electrons. The molecule has 16 heavy (non-hydrogen) atoms. The highest BCUT2D eigenvalue weighted by Crippen LogP contribution is 2.45. The summed E-state index contributed by atoms with van der Waals surface area (Å²) in [5, 5.41) is 13.2. The van der Waals surface area contributed by atoms with Crippen molar-refractivity contribution in [2.24, 2.45) is 12.5 Å². The molecule has 1 fully saturated rings. The lowest BCUT2D eigenvalue weighted by molar-refractivity contribution is 0.0733. The molecule has 0 aromatic carbocycles. The summed E-state index contributed by atoms with van der Waals surface area (Å²) in [6, 6.07) is 0. The summed E-state index contributed by atoms with van der Waals surface area (Å²) in [5.41, 5.74) is 0.561. The van der Waals surface area contributed by atoms with Gasteiger partial charge in [-0.3, -0.25) is 9.48 Å². The maximum absolute atomic E-state index is 12.0. The van der Waals surface area contributed by atoms with Gasteiger partial charge in [-0.2, -0.15) is 5.10 Å². The van der Waals surface area contributed by atoms with Gasteiger partial charge in [-0.05, 0) is 12.8 Å². The Hall–Kier alpha value is -1.36. The van der Waals surface area contributed by atoms with E-state index in [2.05, 4.69) is 5.10 Å². The maximum atomic E-state index is 12.0. The Morgan fingerprint density at radius 1 is 1.69 bits per heavy atom. The largest absolute Gasteiger partial charge is 0.396 e. The maximum Gasteiger partial charge on any atom is 0.256 e. The lowest BCUT2D eigenvalue weighted by Gasteiger charge is -2.21. The normalized spacial score (nSPS) is 17.2. The number of nitrogens with zero attached hydrogens (tertiary/aromatic N) is 3. The molecular weight excluding hydrogens is 206 g/mol. The average molecular weight is 223 g/mol. The summed E-state index contributed by atoms with van der Waals surface area (Å²) in [6.07, 6.45) is 5.29. The molecular formula is C11H17N3O2. The Morgan fingerprint density at radius 3 is 2.81 bits per heavy atom. The summed E-state index contributed by atoms with van der Waals surface area (Å²) >= 11 is 0. The summed E-state index contributed by atoms with van der Waals surface area (Å²) in [5.74, 6) is -0.0344. The van der Waals surface area contributed by atoms with Gasteiger partial charge >= 0.3 is 0 Å². The van der Waals surface area contributed by atoms with E-state index >= 15 is 0 Å². The predicted octanol–water partition coefficient (Wildman–Crippen LogP) is 0.265. The topological polar surface area (TPSA) is 58.4 Å². The van der Waals surface area contributed by atoms with E-state index in [0.29, 0.717) is 12.1 Å². The molecule has 5 nitrogen and oxygen atoms in total. The van der Waals surface area contributed by atoms with Crippen molar-refractivity contribution in [3.8, 4) is 0 Å².